The largest absolute Gasteiger partial charge is 0.353 e. The molecule has 0 aliphatic carbocycles. The molecule has 3 nitrogen and oxygen atoms in total. The Morgan fingerprint density at radius 2 is 2.12 bits per heavy atom. The number of pyridine rings is 1. The molecule has 0 aliphatic rings. The molecule has 0 radical (unpaired) electrons. The highest BCUT2D eigenvalue weighted by atomic mass is 79.9. The Labute approximate surface area is 108 Å². The summed E-state index contributed by atoms with van der Waals surface area (Å²) >= 11 is 3.35. The quantitative estimate of drug-likeness (QED) is 0.915. The van der Waals surface area contributed by atoms with Crippen molar-refractivity contribution < 1.29 is 0 Å². The monoisotopic (exact) mass is 287 g/mol. The molecule has 17 heavy (non-hydrogen) atoms. The summed E-state index contributed by atoms with van der Waals surface area (Å²) in [6.45, 7) is 1.92. The molecule has 84 valence electrons. The van der Waals surface area contributed by atoms with Gasteiger partial charge in [0.15, 0.2) is 0 Å². The molecule has 0 unspecified atom stereocenters. The Morgan fingerprint density at radius 3 is 2.82 bits per heavy atom. The molecule has 2 rings (SSSR count). The average molecular weight is 288 g/mol. The Balaban J connectivity index is 2.37. The average Bonchev–Trinajstić information content (AvgIpc) is 2.34. The van der Waals surface area contributed by atoms with Crippen LogP contribution >= 0.6 is 15.9 Å². The molecular formula is C13H10BrN3. The third-order valence-electron chi connectivity index (χ3n) is 2.38. The molecular weight excluding hydrogens is 278 g/mol. The molecule has 1 heterocycles. The van der Waals surface area contributed by atoms with E-state index in [2.05, 4.69) is 32.3 Å². The third-order valence-corrected chi connectivity index (χ3v) is 2.87. The zero-order valence-electron chi connectivity index (χ0n) is 9.24. The molecule has 0 saturated carbocycles. The molecule has 1 N–H and O–H groups in total. The first-order valence-electron chi connectivity index (χ1n) is 5.09. The topological polar surface area (TPSA) is 48.7 Å². The van der Waals surface area contributed by atoms with Gasteiger partial charge >= 0.3 is 0 Å². The van der Waals surface area contributed by atoms with Crippen LogP contribution in [0.5, 0.6) is 0 Å². The fourth-order valence-electron chi connectivity index (χ4n) is 1.48. The minimum Gasteiger partial charge on any atom is -0.353 e. The van der Waals surface area contributed by atoms with Gasteiger partial charge in [-0.2, -0.15) is 5.26 Å². The highest BCUT2D eigenvalue weighted by Gasteiger charge is 2.04. The van der Waals surface area contributed by atoms with E-state index >= 15 is 0 Å². The molecule has 4 heteroatoms. The summed E-state index contributed by atoms with van der Waals surface area (Å²) in [5, 5.41) is 12.3. The molecule has 1 aromatic carbocycles. The number of hydrogen-bond donors (Lipinski definition) is 1. The van der Waals surface area contributed by atoms with Crippen LogP contribution in [0.3, 0.4) is 0 Å². The van der Waals surface area contributed by atoms with E-state index in [0.29, 0.717) is 5.56 Å². The van der Waals surface area contributed by atoms with Crippen LogP contribution in [0.4, 0.5) is 11.4 Å². The van der Waals surface area contributed by atoms with Crippen LogP contribution in [-0.4, -0.2) is 4.98 Å². The zero-order chi connectivity index (χ0) is 12.3. The first-order chi connectivity index (χ1) is 8.20. The van der Waals surface area contributed by atoms with E-state index in [9.17, 15) is 0 Å². The fourth-order valence-corrected chi connectivity index (χ4v) is 1.84. The van der Waals surface area contributed by atoms with Crippen molar-refractivity contribution in [3.05, 3.63) is 52.3 Å². The highest BCUT2D eigenvalue weighted by Crippen LogP contribution is 2.24. The second kappa shape index (κ2) is 4.98. The van der Waals surface area contributed by atoms with E-state index in [1.165, 1.54) is 0 Å². The second-order valence-corrected chi connectivity index (χ2v) is 4.48. The summed E-state index contributed by atoms with van der Waals surface area (Å²) < 4.78 is 0.891. The number of hydrogen-bond acceptors (Lipinski definition) is 3. The van der Waals surface area contributed by atoms with E-state index in [4.69, 9.17) is 5.26 Å². The van der Waals surface area contributed by atoms with Crippen LogP contribution in [0.25, 0.3) is 0 Å². The number of rotatable bonds is 2. The van der Waals surface area contributed by atoms with E-state index in [-0.39, 0.29) is 0 Å². The number of halogens is 1. The molecule has 0 fully saturated rings. The Morgan fingerprint density at radius 1 is 1.29 bits per heavy atom. The van der Waals surface area contributed by atoms with Crippen molar-refractivity contribution in [1.82, 2.24) is 4.98 Å². The molecule has 0 amide bonds. The summed E-state index contributed by atoms with van der Waals surface area (Å²) in [6, 6.07) is 11.5. The molecule has 0 aliphatic heterocycles. The van der Waals surface area contributed by atoms with Crippen molar-refractivity contribution in [3.63, 3.8) is 0 Å². The Bertz CT molecular complexity index is 587. The van der Waals surface area contributed by atoms with Gasteiger partial charge in [0.1, 0.15) is 6.07 Å². The van der Waals surface area contributed by atoms with Gasteiger partial charge in [0, 0.05) is 10.7 Å². The predicted octanol–water partition coefficient (Wildman–Crippen LogP) is 3.77. The normalized spacial score (nSPS) is 9.71. The number of nitrogens with one attached hydrogen (secondary N) is 1. The van der Waals surface area contributed by atoms with Crippen LogP contribution < -0.4 is 5.32 Å². The summed E-state index contributed by atoms with van der Waals surface area (Å²) in [5.74, 6) is 0. The van der Waals surface area contributed by atoms with Gasteiger partial charge in [0.05, 0.1) is 22.6 Å². The maximum atomic E-state index is 9.06. The van der Waals surface area contributed by atoms with Gasteiger partial charge in [0.2, 0.25) is 0 Å². The minimum absolute atomic E-state index is 0.600. The minimum atomic E-state index is 0.600. The maximum Gasteiger partial charge on any atom is 0.101 e. The number of nitriles is 1. The summed E-state index contributed by atoms with van der Waals surface area (Å²) in [6.07, 6.45) is 1.74. The standard InChI is InChI=1S/C13H10BrN3/c1-9-12(3-2-6-16-9)17-13-5-4-11(14)7-10(13)8-15/h2-7,17H,1H3. The van der Waals surface area contributed by atoms with Gasteiger partial charge in [-0.1, -0.05) is 15.9 Å². The molecule has 0 spiro atoms. The number of benzene rings is 1. The molecule has 1 aromatic heterocycles. The fraction of sp³-hybridized carbons (Fsp3) is 0.0769. The van der Waals surface area contributed by atoms with Gasteiger partial charge in [-0.3, -0.25) is 4.98 Å². The van der Waals surface area contributed by atoms with Crippen LogP contribution in [0.15, 0.2) is 41.0 Å². The van der Waals surface area contributed by atoms with Crippen molar-refractivity contribution in [2.45, 2.75) is 6.92 Å². The van der Waals surface area contributed by atoms with Gasteiger partial charge < -0.3 is 5.32 Å². The van der Waals surface area contributed by atoms with Crippen LogP contribution in [0, 0.1) is 18.3 Å². The van der Waals surface area contributed by atoms with Crippen LogP contribution in [0.2, 0.25) is 0 Å². The summed E-state index contributed by atoms with van der Waals surface area (Å²) in [4.78, 5) is 4.19. The van der Waals surface area contributed by atoms with Gasteiger partial charge in [-0.25, -0.2) is 0 Å². The van der Waals surface area contributed by atoms with Crippen LogP contribution in [-0.2, 0) is 0 Å². The van der Waals surface area contributed by atoms with E-state index in [1.807, 2.05) is 31.2 Å². The number of anilines is 2. The Kier molecular flexibility index (Phi) is 3.40. The van der Waals surface area contributed by atoms with Crippen molar-refractivity contribution >= 4 is 27.3 Å². The van der Waals surface area contributed by atoms with Gasteiger partial charge in [-0.15, -0.1) is 0 Å². The van der Waals surface area contributed by atoms with Crippen molar-refractivity contribution in [1.29, 1.82) is 5.26 Å². The zero-order valence-corrected chi connectivity index (χ0v) is 10.8. The van der Waals surface area contributed by atoms with Crippen molar-refractivity contribution in [2.75, 3.05) is 5.32 Å². The van der Waals surface area contributed by atoms with Gasteiger partial charge in [-0.05, 0) is 37.3 Å². The first-order valence-corrected chi connectivity index (χ1v) is 5.88. The van der Waals surface area contributed by atoms with E-state index < -0.39 is 0 Å². The number of aromatic nitrogens is 1. The predicted molar refractivity (Wildman–Crippen MR) is 71.1 cm³/mol. The SMILES string of the molecule is Cc1ncccc1Nc1ccc(Br)cc1C#N. The maximum absolute atomic E-state index is 9.06. The smallest absolute Gasteiger partial charge is 0.101 e. The van der Waals surface area contributed by atoms with Gasteiger partial charge in [0.25, 0.3) is 0 Å². The Hall–Kier alpha value is -1.86. The highest BCUT2D eigenvalue weighted by molar-refractivity contribution is 9.10. The lowest BCUT2D eigenvalue weighted by Gasteiger charge is -2.10. The second-order valence-electron chi connectivity index (χ2n) is 3.56. The summed E-state index contributed by atoms with van der Waals surface area (Å²) in [7, 11) is 0. The van der Waals surface area contributed by atoms with Crippen molar-refractivity contribution in [2.24, 2.45) is 0 Å². The molecule has 0 bridgehead atoms. The number of nitrogens with zero attached hydrogens (tertiary/aromatic N) is 2. The molecule has 0 atom stereocenters. The molecule has 2 aromatic rings. The third kappa shape index (κ3) is 2.63. The lowest BCUT2D eigenvalue weighted by atomic mass is 10.2. The van der Waals surface area contributed by atoms with Crippen molar-refractivity contribution in [3.8, 4) is 6.07 Å². The van der Waals surface area contributed by atoms with E-state index in [0.717, 1.165) is 21.5 Å². The number of aryl methyl sites for hydroxylation is 1. The molecule has 0 saturated heterocycles. The van der Waals surface area contributed by atoms with E-state index in [1.54, 1.807) is 12.3 Å². The lowest BCUT2D eigenvalue weighted by Crippen LogP contribution is -1.96. The summed E-state index contributed by atoms with van der Waals surface area (Å²) in [5.41, 5.74) is 3.19. The first kappa shape index (κ1) is 11.6. The lowest BCUT2D eigenvalue weighted by molar-refractivity contribution is 1.20. The van der Waals surface area contributed by atoms with Crippen LogP contribution in [0.1, 0.15) is 11.3 Å².